The third-order valence-corrected chi connectivity index (χ3v) is 3.76. The summed E-state index contributed by atoms with van der Waals surface area (Å²) in [4.78, 5) is 17.1. The molecule has 1 atom stereocenters. The van der Waals surface area contributed by atoms with E-state index in [-0.39, 0.29) is 11.9 Å². The van der Waals surface area contributed by atoms with Crippen molar-refractivity contribution in [1.82, 2.24) is 10.3 Å². The predicted octanol–water partition coefficient (Wildman–Crippen LogP) is 2.34. The molecule has 1 aromatic rings. The van der Waals surface area contributed by atoms with E-state index in [2.05, 4.69) is 24.1 Å². The van der Waals surface area contributed by atoms with E-state index in [1.165, 1.54) is 11.3 Å². The summed E-state index contributed by atoms with van der Waals surface area (Å²) in [5.74, 6) is 0.299. The van der Waals surface area contributed by atoms with E-state index in [1.807, 2.05) is 13.8 Å². The van der Waals surface area contributed by atoms with Crippen LogP contribution in [0.15, 0.2) is 0 Å². The number of hydrogen-bond donors (Lipinski definition) is 1. The fraction of sp³-hybridized carbons (Fsp3) is 0.667. The molecule has 0 aliphatic heterocycles. The second kappa shape index (κ2) is 6.12. The van der Waals surface area contributed by atoms with Gasteiger partial charge in [0.1, 0.15) is 4.88 Å². The molecule has 0 radical (unpaired) electrons. The Kier molecular flexibility index (Phi) is 5.08. The van der Waals surface area contributed by atoms with Gasteiger partial charge in [-0.15, -0.1) is 11.3 Å². The summed E-state index contributed by atoms with van der Waals surface area (Å²) >= 11 is 1.47. The van der Waals surface area contributed by atoms with E-state index >= 15 is 0 Å². The largest absolute Gasteiger partial charge is 0.383 e. The van der Waals surface area contributed by atoms with Gasteiger partial charge in [0.2, 0.25) is 0 Å². The second-order valence-corrected chi connectivity index (χ2v) is 5.48. The number of carbonyl (C=O) groups is 1. The van der Waals surface area contributed by atoms with E-state index < -0.39 is 0 Å². The molecule has 0 saturated carbocycles. The van der Waals surface area contributed by atoms with E-state index in [4.69, 9.17) is 4.74 Å². The molecule has 4 nitrogen and oxygen atoms in total. The molecule has 0 fully saturated rings. The molecular weight excluding hydrogens is 236 g/mol. The third kappa shape index (κ3) is 3.78. The Morgan fingerprint density at radius 1 is 1.47 bits per heavy atom. The Labute approximate surface area is 106 Å². The van der Waals surface area contributed by atoms with E-state index in [0.717, 1.165) is 10.7 Å². The molecule has 0 aromatic carbocycles. The van der Waals surface area contributed by atoms with Crippen molar-refractivity contribution in [3.8, 4) is 0 Å². The van der Waals surface area contributed by atoms with Crippen molar-refractivity contribution in [3.05, 3.63) is 15.6 Å². The normalized spacial score (nSPS) is 12.8. The van der Waals surface area contributed by atoms with Crippen LogP contribution < -0.4 is 5.32 Å². The zero-order valence-electron chi connectivity index (χ0n) is 11.0. The highest BCUT2D eigenvalue weighted by Crippen LogP contribution is 2.24. The van der Waals surface area contributed by atoms with Gasteiger partial charge in [-0.2, -0.15) is 0 Å². The fourth-order valence-electron chi connectivity index (χ4n) is 1.46. The molecule has 1 N–H and O–H groups in total. The number of ether oxygens (including phenoxy) is 1. The van der Waals surface area contributed by atoms with Gasteiger partial charge in [0.25, 0.3) is 5.91 Å². The van der Waals surface area contributed by atoms with E-state index in [1.54, 1.807) is 7.11 Å². The van der Waals surface area contributed by atoms with Crippen molar-refractivity contribution in [2.75, 3.05) is 13.7 Å². The van der Waals surface area contributed by atoms with Crippen molar-refractivity contribution in [3.63, 3.8) is 0 Å². The van der Waals surface area contributed by atoms with Crippen LogP contribution in [-0.2, 0) is 4.74 Å². The summed E-state index contributed by atoms with van der Waals surface area (Å²) < 4.78 is 4.99. The van der Waals surface area contributed by atoms with Crippen molar-refractivity contribution in [2.24, 2.45) is 0 Å². The number of nitrogens with one attached hydrogen (secondary N) is 1. The highest BCUT2D eigenvalue weighted by Gasteiger charge is 2.18. The van der Waals surface area contributed by atoms with Crippen LogP contribution in [0.1, 0.15) is 47.1 Å². The molecule has 96 valence electrons. The summed E-state index contributed by atoms with van der Waals surface area (Å²) in [6.45, 7) is 8.46. The molecule has 0 saturated heterocycles. The summed E-state index contributed by atoms with van der Waals surface area (Å²) in [6.07, 6.45) is 0. The van der Waals surface area contributed by atoms with Gasteiger partial charge in [-0.05, 0) is 13.8 Å². The zero-order valence-corrected chi connectivity index (χ0v) is 11.9. The Bertz CT molecular complexity index is 388. The van der Waals surface area contributed by atoms with Gasteiger partial charge < -0.3 is 10.1 Å². The number of nitrogens with zero attached hydrogens (tertiary/aromatic N) is 1. The van der Waals surface area contributed by atoms with Crippen LogP contribution >= 0.6 is 11.3 Å². The molecule has 0 bridgehead atoms. The van der Waals surface area contributed by atoms with Crippen molar-refractivity contribution < 1.29 is 9.53 Å². The third-order valence-electron chi connectivity index (χ3n) is 2.31. The van der Waals surface area contributed by atoms with Gasteiger partial charge in [-0.1, -0.05) is 13.8 Å². The van der Waals surface area contributed by atoms with Crippen LogP contribution in [0.4, 0.5) is 0 Å². The quantitative estimate of drug-likeness (QED) is 0.879. The summed E-state index contributed by atoms with van der Waals surface area (Å²) in [5.41, 5.74) is 0.806. The molecule has 0 spiro atoms. The Morgan fingerprint density at radius 3 is 2.59 bits per heavy atom. The van der Waals surface area contributed by atoms with Gasteiger partial charge in [0, 0.05) is 19.1 Å². The smallest absolute Gasteiger partial charge is 0.263 e. The average Bonchev–Trinajstić information content (AvgIpc) is 2.60. The van der Waals surface area contributed by atoms with Crippen LogP contribution in [-0.4, -0.2) is 30.6 Å². The molecule has 1 heterocycles. The highest BCUT2D eigenvalue weighted by molar-refractivity contribution is 7.13. The molecule has 0 unspecified atom stereocenters. The molecule has 0 aliphatic carbocycles. The molecule has 1 aromatic heterocycles. The first-order valence-electron chi connectivity index (χ1n) is 5.72. The summed E-state index contributed by atoms with van der Waals surface area (Å²) in [7, 11) is 1.62. The zero-order chi connectivity index (χ0) is 13.0. The molecule has 17 heavy (non-hydrogen) atoms. The number of hydrogen-bond acceptors (Lipinski definition) is 4. The first-order chi connectivity index (χ1) is 7.95. The fourth-order valence-corrected chi connectivity index (χ4v) is 2.43. The maximum atomic E-state index is 12.0. The minimum absolute atomic E-state index is 0.0106. The number of amides is 1. The number of methoxy groups -OCH3 is 1. The second-order valence-electron chi connectivity index (χ2n) is 4.45. The topological polar surface area (TPSA) is 51.2 Å². The predicted molar refractivity (Wildman–Crippen MR) is 69.7 cm³/mol. The first-order valence-corrected chi connectivity index (χ1v) is 6.54. The van der Waals surface area contributed by atoms with Gasteiger partial charge in [-0.3, -0.25) is 4.79 Å². The molecule has 0 aliphatic rings. The Balaban J connectivity index is 2.75. The number of aryl methyl sites for hydroxylation is 1. The van der Waals surface area contributed by atoms with E-state index in [9.17, 15) is 4.79 Å². The van der Waals surface area contributed by atoms with Gasteiger partial charge in [0.05, 0.1) is 17.3 Å². The number of rotatable bonds is 5. The lowest BCUT2D eigenvalue weighted by molar-refractivity contribution is 0.0909. The Hall–Kier alpha value is -0.940. The minimum Gasteiger partial charge on any atom is -0.383 e. The lowest BCUT2D eigenvalue weighted by Gasteiger charge is -2.11. The molecule has 1 rings (SSSR count). The van der Waals surface area contributed by atoms with Crippen molar-refractivity contribution >= 4 is 17.2 Å². The van der Waals surface area contributed by atoms with E-state index in [0.29, 0.717) is 17.4 Å². The van der Waals surface area contributed by atoms with Crippen LogP contribution in [0.2, 0.25) is 0 Å². The number of carbonyl (C=O) groups excluding carboxylic acids is 1. The maximum Gasteiger partial charge on any atom is 0.263 e. The van der Waals surface area contributed by atoms with Crippen molar-refractivity contribution in [1.29, 1.82) is 0 Å². The molecule has 5 heteroatoms. The number of aromatic nitrogens is 1. The molecular formula is C12H20N2O2S. The van der Waals surface area contributed by atoms with Gasteiger partial charge in [-0.25, -0.2) is 4.98 Å². The first kappa shape index (κ1) is 14.1. The lowest BCUT2D eigenvalue weighted by Crippen LogP contribution is -2.35. The van der Waals surface area contributed by atoms with Crippen LogP contribution in [0.5, 0.6) is 0 Å². The standard InChI is InChI=1S/C12H20N2O2S/c1-7(2)12-14-9(4)10(17-12)11(15)13-8(3)6-16-5/h7-8H,6H2,1-5H3,(H,13,15)/t8-/m1/s1. The summed E-state index contributed by atoms with van der Waals surface area (Å²) in [5, 5.41) is 3.90. The minimum atomic E-state index is -0.0588. The van der Waals surface area contributed by atoms with Crippen LogP contribution in [0.3, 0.4) is 0 Å². The maximum absolute atomic E-state index is 12.0. The SMILES string of the molecule is COC[C@@H](C)NC(=O)c1sc(C(C)C)nc1C. The number of thiazole rings is 1. The average molecular weight is 256 g/mol. The highest BCUT2D eigenvalue weighted by atomic mass is 32.1. The van der Waals surface area contributed by atoms with Crippen molar-refractivity contribution in [2.45, 2.75) is 39.7 Å². The lowest BCUT2D eigenvalue weighted by atomic mass is 10.2. The van der Waals surface area contributed by atoms with Crippen LogP contribution in [0, 0.1) is 6.92 Å². The van der Waals surface area contributed by atoms with Crippen LogP contribution in [0.25, 0.3) is 0 Å². The van der Waals surface area contributed by atoms with Gasteiger partial charge in [0.15, 0.2) is 0 Å². The Morgan fingerprint density at radius 2 is 2.12 bits per heavy atom. The van der Waals surface area contributed by atoms with Gasteiger partial charge >= 0.3 is 0 Å². The molecule has 1 amide bonds. The monoisotopic (exact) mass is 256 g/mol. The summed E-state index contributed by atoms with van der Waals surface area (Å²) in [6, 6.07) is 0.0106.